The number of rotatable bonds is 5. The molecule has 122 valence electrons. The number of primary amides is 1. The lowest BCUT2D eigenvalue weighted by atomic mass is 10.1. The highest BCUT2D eigenvalue weighted by atomic mass is 127. The first-order valence-electron chi connectivity index (χ1n) is 6.68. The van der Waals surface area contributed by atoms with Gasteiger partial charge >= 0.3 is 0 Å². The zero-order valence-corrected chi connectivity index (χ0v) is 17.3. The number of nitrogens with zero attached hydrogens (tertiary/aromatic N) is 1. The third-order valence-electron chi connectivity index (χ3n) is 3.01. The van der Waals surface area contributed by atoms with Crippen LogP contribution < -0.4 is 10.5 Å². The van der Waals surface area contributed by atoms with Crippen molar-refractivity contribution in [3.05, 3.63) is 65.3 Å². The van der Waals surface area contributed by atoms with Crippen LogP contribution in [0, 0.1) is 18.5 Å². The first-order chi connectivity index (χ1) is 11.4. The highest BCUT2D eigenvalue weighted by molar-refractivity contribution is 14.1. The average molecular weight is 565 g/mol. The van der Waals surface area contributed by atoms with E-state index in [9.17, 15) is 4.79 Å². The van der Waals surface area contributed by atoms with Gasteiger partial charge in [-0.2, -0.15) is 5.26 Å². The number of benzene rings is 2. The quantitative estimate of drug-likeness (QED) is 0.330. The maximum absolute atomic E-state index is 11.1. The van der Waals surface area contributed by atoms with Gasteiger partial charge in [-0.15, -0.1) is 0 Å². The zero-order chi connectivity index (χ0) is 17.7. The molecule has 2 aromatic carbocycles. The summed E-state index contributed by atoms with van der Waals surface area (Å²) in [5.74, 6) is 0.00599. The van der Waals surface area contributed by atoms with Crippen LogP contribution in [0.4, 0.5) is 0 Å². The number of carbonyl (C=O) groups is 1. The van der Waals surface area contributed by atoms with E-state index in [2.05, 4.69) is 45.2 Å². The predicted molar refractivity (Wildman–Crippen MR) is 110 cm³/mol. The highest BCUT2D eigenvalue weighted by Crippen LogP contribution is 2.30. The summed E-state index contributed by atoms with van der Waals surface area (Å²) >= 11 is 10.2. The van der Waals surface area contributed by atoms with Crippen molar-refractivity contribution >= 4 is 68.8 Å². The van der Waals surface area contributed by atoms with Gasteiger partial charge in [-0.1, -0.05) is 23.7 Å². The molecule has 4 nitrogen and oxygen atoms in total. The molecule has 0 aliphatic carbocycles. The molecule has 0 atom stereocenters. The molecule has 1 amide bonds. The first kappa shape index (κ1) is 19.0. The Balaban J connectivity index is 2.22. The Kier molecular flexibility index (Phi) is 6.89. The van der Waals surface area contributed by atoms with E-state index in [-0.39, 0.29) is 5.57 Å². The molecule has 0 aliphatic heterocycles. The number of nitrogens with two attached hydrogens (primary N) is 1. The summed E-state index contributed by atoms with van der Waals surface area (Å²) in [4.78, 5) is 11.1. The van der Waals surface area contributed by atoms with E-state index in [1.54, 1.807) is 6.07 Å². The lowest BCUT2D eigenvalue weighted by Gasteiger charge is -2.12. The second-order valence-electron chi connectivity index (χ2n) is 4.76. The lowest BCUT2D eigenvalue weighted by Crippen LogP contribution is -2.12. The molecule has 0 saturated carbocycles. The summed E-state index contributed by atoms with van der Waals surface area (Å²) in [6.07, 6.45) is 1.47. The molecule has 0 fully saturated rings. The molecule has 2 N–H and O–H groups in total. The monoisotopic (exact) mass is 564 g/mol. The Morgan fingerprint density at radius 2 is 1.83 bits per heavy atom. The molecule has 0 radical (unpaired) electrons. The number of halogens is 3. The lowest BCUT2D eigenvalue weighted by molar-refractivity contribution is -0.114. The smallest absolute Gasteiger partial charge is 0.259 e. The summed E-state index contributed by atoms with van der Waals surface area (Å²) in [6, 6.07) is 12.9. The van der Waals surface area contributed by atoms with Gasteiger partial charge in [0.15, 0.2) is 0 Å². The van der Waals surface area contributed by atoms with Crippen LogP contribution in [0.3, 0.4) is 0 Å². The summed E-state index contributed by atoms with van der Waals surface area (Å²) in [6.45, 7) is 0.420. The maximum atomic E-state index is 11.1. The third kappa shape index (κ3) is 5.09. The minimum Gasteiger partial charge on any atom is -0.487 e. The van der Waals surface area contributed by atoms with Crippen molar-refractivity contribution in [2.45, 2.75) is 6.61 Å². The largest absolute Gasteiger partial charge is 0.487 e. The van der Waals surface area contributed by atoms with Crippen LogP contribution in [-0.2, 0) is 11.4 Å². The van der Waals surface area contributed by atoms with Crippen molar-refractivity contribution in [3.63, 3.8) is 0 Å². The Morgan fingerprint density at radius 3 is 2.33 bits per heavy atom. The number of hydrogen-bond acceptors (Lipinski definition) is 3. The summed E-state index contributed by atoms with van der Waals surface area (Å²) in [5.41, 5.74) is 6.80. The Bertz CT molecular complexity index is 820. The maximum Gasteiger partial charge on any atom is 0.259 e. The number of hydrogen-bond donors (Lipinski definition) is 1. The fraction of sp³-hybridized carbons (Fsp3) is 0.0588. The normalized spacial score (nSPS) is 11.0. The standard InChI is InChI=1S/C17H11ClI2N2O2/c18-13-3-1-10(2-4-13)9-24-16-14(19)6-11(7-15(16)20)5-12(8-21)17(22)23/h1-7H,9H2,(H2,22,23)/b12-5+. The van der Waals surface area contributed by atoms with Crippen LogP contribution in [0.15, 0.2) is 42.0 Å². The van der Waals surface area contributed by atoms with Crippen molar-refractivity contribution in [1.29, 1.82) is 5.26 Å². The van der Waals surface area contributed by atoms with E-state index in [0.717, 1.165) is 24.0 Å². The van der Waals surface area contributed by atoms with Crippen molar-refractivity contribution in [2.24, 2.45) is 5.73 Å². The minimum absolute atomic E-state index is 0.0866. The van der Waals surface area contributed by atoms with Crippen molar-refractivity contribution in [2.75, 3.05) is 0 Å². The molecule has 0 aromatic heterocycles. The predicted octanol–water partition coefficient (Wildman–Crippen LogP) is 4.52. The van der Waals surface area contributed by atoms with Gasteiger partial charge in [-0.3, -0.25) is 4.79 Å². The topological polar surface area (TPSA) is 76.1 Å². The summed E-state index contributed by atoms with van der Waals surface area (Å²) in [5, 5.41) is 9.61. The van der Waals surface area contributed by atoms with Crippen LogP contribution in [0.1, 0.15) is 11.1 Å². The van der Waals surface area contributed by atoms with Crippen LogP contribution >= 0.6 is 56.8 Å². The van der Waals surface area contributed by atoms with Gasteiger partial charge in [-0.05, 0) is 86.7 Å². The molecule has 7 heteroatoms. The Labute approximate surface area is 171 Å². The van der Waals surface area contributed by atoms with Gasteiger partial charge in [0.2, 0.25) is 0 Å². The summed E-state index contributed by atoms with van der Waals surface area (Å²) < 4.78 is 7.64. The second kappa shape index (κ2) is 8.69. The van der Waals surface area contributed by atoms with E-state index < -0.39 is 5.91 Å². The second-order valence-corrected chi connectivity index (χ2v) is 7.52. The van der Waals surface area contributed by atoms with E-state index in [1.165, 1.54) is 6.08 Å². The summed E-state index contributed by atoms with van der Waals surface area (Å²) in [7, 11) is 0. The number of carbonyl (C=O) groups excluding carboxylic acids is 1. The van der Waals surface area contributed by atoms with Gasteiger partial charge in [0.1, 0.15) is 24.0 Å². The Morgan fingerprint density at radius 1 is 1.25 bits per heavy atom. The molecular weight excluding hydrogens is 553 g/mol. The molecule has 0 saturated heterocycles. The van der Waals surface area contributed by atoms with Gasteiger partial charge in [0.05, 0.1) is 7.14 Å². The number of amides is 1. The van der Waals surface area contributed by atoms with E-state index in [4.69, 9.17) is 27.3 Å². The van der Waals surface area contributed by atoms with Crippen molar-refractivity contribution in [1.82, 2.24) is 0 Å². The molecule has 0 spiro atoms. The fourth-order valence-electron chi connectivity index (χ4n) is 1.86. The minimum atomic E-state index is -0.745. The third-order valence-corrected chi connectivity index (χ3v) is 4.87. The van der Waals surface area contributed by atoms with Crippen molar-refractivity contribution < 1.29 is 9.53 Å². The van der Waals surface area contributed by atoms with Gasteiger partial charge < -0.3 is 10.5 Å². The van der Waals surface area contributed by atoms with E-state index in [0.29, 0.717) is 11.6 Å². The number of ether oxygens (including phenoxy) is 1. The molecular formula is C17H11ClI2N2O2. The Hall–Kier alpha value is -1.31. The van der Waals surface area contributed by atoms with Crippen molar-refractivity contribution in [3.8, 4) is 11.8 Å². The van der Waals surface area contributed by atoms with Gasteiger partial charge in [0, 0.05) is 5.02 Å². The molecule has 2 rings (SSSR count). The van der Waals surface area contributed by atoms with Crippen LogP contribution in [0.2, 0.25) is 5.02 Å². The molecule has 0 bridgehead atoms. The highest BCUT2D eigenvalue weighted by Gasteiger charge is 2.10. The van der Waals surface area contributed by atoms with Gasteiger partial charge in [-0.25, -0.2) is 0 Å². The van der Waals surface area contributed by atoms with E-state index in [1.807, 2.05) is 36.4 Å². The molecule has 0 heterocycles. The van der Waals surface area contributed by atoms with Crippen LogP contribution in [0.25, 0.3) is 6.08 Å². The molecule has 24 heavy (non-hydrogen) atoms. The van der Waals surface area contributed by atoms with Crippen LogP contribution in [-0.4, -0.2) is 5.91 Å². The van der Waals surface area contributed by atoms with Crippen LogP contribution in [0.5, 0.6) is 5.75 Å². The zero-order valence-electron chi connectivity index (χ0n) is 12.2. The van der Waals surface area contributed by atoms with Gasteiger partial charge in [0.25, 0.3) is 5.91 Å². The molecule has 2 aromatic rings. The molecule has 0 unspecified atom stereocenters. The van der Waals surface area contributed by atoms with E-state index >= 15 is 0 Å². The average Bonchev–Trinajstić information content (AvgIpc) is 2.53. The molecule has 0 aliphatic rings. The number of nitriles is 1. The first-order valence-corrected chi connectivity index (χ1v) is 9.22. The SMILES string of the molecule is N#C/C(=C\c1cc(I)c(OCc2ccc(Cl)cc2)c(I)c1)C(N)=O. The fourth-order valence-corrected chi connectivity index (χ4v) is 4.12.